The SMILES string of the molecule is COC(=O)C(NCC(=O)Nc1ncccn1)C(C)C. The van der Waals surface area contributed by atoms with Crippen LogP contribution in [-0.4, -0.2) is 41.5 Å². The first-order valence-electron chi connectivity index (χ1n) is 5.92. The van der Waals surface area contributed by atoms with Crippen LogP contribution in [0.15, 0.2) is 18.5 Å². The van der Waals surface area contributed by atoms with Crippen LogP contribution in [0.4, 0.5) is 5.95 Å². The molecule has 2 N–H and O–H groups in total. The lowest BCUT2D eigenvalue weighted by atomic mass is 10.0. The predicted molar refractivity (Wildman–Crippen MR) is 69.3 cm³/mol. The largest absolute Gasteiger partial charge is 0.468 e. The van der Waals surface area contributed by atoms with Crippen molar-refractivity contribution in [3.05, 3.63) is 18.5 Å². The molecule has 0 radical (unpaired) electrons. The van der Waals surface area contributed by atoms with Gasteiger partial charge in [-0.05, 0) is 12.0 Å². The van der Waals surface area contributed by atoms with Crippen LogP contribution >= 0.6 is 0 Å². The van der Waals surface area contributed by atoms with Gasteiger partial charge in [0.2, 0.25) is 11.9 Å². The minimum atomic E-state index is -0.521. The number of anilines is 1. The van der Waals surface area contributed by atoms with Gasteiger partial charge in [0.15, 0.2) is 0 Å². The van der Waals surface area contributed by atoms with E-state index in [0.29, 0.717) is 0 Å². The van der Waals surface area contributed by atoms with Crippen molar-refractivity contribution in [1.82, 2.24) is 15.3 Å². The zero-order valence-corrected chi connectivity index (χ0v) is 11.2. The van der Waals surface area contributed by atoms with Crippen LogP contribution in [0.5, 0.6) is 0 Å². The van der Waals surface area contributed by atoms with Crippen molar-refractivity contribution in [2.75, 3.05) is 19.0 Å². The second kappa shape index (κ2) is 7.42. The molecule has 0 bridgehead atoms. The lowest BCUT2D eigenvalue weighted by Crippen LogP contribution is -2.45. The molecule has 0 aliphatic rings. The molecule has 0 saturated heterocycles. The maximum absolute atomic E-state index is 11.6. The fourth-order valence-corrected chi connectivity index (χ4v) is 1.45. The number of hydrogen-bond donors (Lipinski definition) is 2. The van der Waals surface area contributed by atoms with E-state index in [1.165, 1.54) is 19.5 Å². The first kappa shape index (κ1) is 15.0. The average Bonchev–Trinajstić information content (AvgIpc) is 2.39. The van der Waals surface area contributed by atoms with Crippen molar-refractivity contribution in [2.24, 2.45) is 5.92 Å². The van der Waals surface area contributed by atoms with Crippen molar-refractivity contribution >= 4 is 17.8 Å². The van der Waals surface area contributed by atoms with Crippen LogP contribution in [0.25, 0.3) is 0 Å². The highest BCUT2D eigenvalue weighted by Crippen LogP contribution is 2.03. The fraction of sp³-hybridized carbons (Fsp3) is 0.500. The molecule has 0 aliphatic heterocycles. The minimum Gasteiger partial charge on any atom is -0.468 e. The van der Waals surface area contributed by atoms with Gasteiger partial charge in [-0.3, -0.25) is 20.2 Å². The number of methoxy groups -OCH3 is 1. The Morgan fingerprint density at radius 1 is 1.32 bits per heavy atom. The summed E-state index contributed by atoms with van der Waals surface area (Å²) in [5.41, 5.74) is 0. The van der Waals surface area contributed by atoms with Gasteiger partial charge in [0.05, 0.1) is 13.7 Å². The van der Waals surface area contributed by atoms with E-state index >= 15 is 0 Å². The van der Waals surface area contributed by atoms with E-state index in [1.807, 2.05) is 13.8 Å². The van der Waals surface area contributed by atoms with Crippen molar-refractivity contribution < 1.29 is 14.3 Å². The Hall–Kier alpha value is -2.02. The molecule has 1 aromatic rings. The summed E-state index contributed by atoms with van der Waals surface area (Å²) in [5, 5.41) is 5.37. The highest BCUT2D eigenvalue weighted by Gasteiger charge is 2.23. The number of esters is 1. The van der Waals surface area contributed by atoms with Gasteiger partial charge in [-0.1, -0.05) is 13.8 Å². The first-order chi connectivity index (χ1) is 9.04. The minimum absolute atomic E-state index is 0.0177. The summed E-state index contributed by atoms with van der Waals surface area (Å²) >= 11 is 0. The number of carbonyl (C=O) groups excluding carboxylic acids is 2. The number of carbonyl (C=O) groups is 2. The van der Waals surface area contributed by atoms with Crippen LogP contribution in [-0.2, 0) is 14.3 Å². The summed E-state index contributed by atoms with van der Waals surface area (Å²) in [6, 6.07) is 1.13. The van der Waals surface area contributed by atoms with Gasteiger partial charge in [0.1, 0.15) is 6.04 Å². The van der Waals surface area contributed by atoms with E-state index < -0.39 is 12.0 Å². The molecule has 1 unspecified atom stereocenters. The van der Waals surface area contributed by atoms with Gasteiger partial charge < -0.3 is 4.74 Å². The van der Waals surface area contributed by atoms with Crippen molar-refractivity contribution in [3.8, 4) is 0 Å². The van der Waals surface area contributed by atoms with Gasteiger partial charge in [-0.15, -0.1) is 0 Å². The molecule has 0 saturated carbocycles. The van der Waals surface area contributed by atoms with E-state index in [1.54, 1.807) is 6.07 Å². The summed E-state index contributed by atoms with van der Waals surface area (Å²) in [4.78, 5) is 30.9. The monoisotopic (exact) mass is 266 g/mol. The molecule has 1 amide bonds. The number of ether oxygens (including phenoxy) is 1. The molecular formula is C12H18N4O3. The van der Waals surface area contributed by atoms with Gasteiger partial charge in [0.25, 0.3) is 0 Å². The third-order valence-corrected chi connectivity index (χ3v) is 2.42. The number of nitrogens with zero attached hydrogens (tertiary/aromatic N) is 2. The lowest BCUT2D eigenvalue weighted by Gasteiger charge is -2.19. The molecule has 19 heavy (non-hydrogen) atoms. The Labute approximate surface area is 111 Å². The van der Waals surface area contributed by atoms with E-state index in [9.17, 15) is 9.59 Å². The third kappa shape index (κ3) is 5.01. The van der Waals surface area contributed by atoms with Crippen LogP contribution < -0.4 is 10.6 Å². The second-order valence-corrected chi connectivity index (χ2v) is 4.25. The molecule has 104 valence electrons. The standard InChI is InChI=1S/C12H18N4O3/c1-8(2)10(11(18)19-3)15-7-9(17)16-12-13-5-4-6-14-12/h4-6,8,10,15H,7H2,1-3H3,(H,13,14,16,17). The molecule has 1 rings (SSSR count). The number of hydrogen-bond acceptors (Lipinski definition) is 6. The van der Waals surface area contributed by atoms with E-state index in [0.717, 1.165) is 0 Å². The molecule has 0 fully saturated rings. The molecule has 1 atom stereocenters. The quantitative estimate of drug-likeness (QED) is 0.715. The average molecular weight is 266 g/mol. The van der Waals surface area contributed by atoms with Gasteiger partial charge in [-0.2, -0.15) is 0 Å². The smallest absolute Gasteiger partial charge is 0.323 e. The van der Waals surface area contributed by atoms with E-state index in [-0.39, 0.29) is 24.3 Å². The predicted octanol–water partition coefficient (Wildman–Crippen LogP) is 0.202. The molecular weight excluding hydrogens is 248 g/mol. The molecule has 1 heterocycles. The number of amides is 1. The van der Waals surface area contributed by atoms with E-state index in [4.69, 9.17) is 0 Å². The molecule has 7 heteroatoms. The zero-order chi connectivity index (χ0) is 14.3. The van der Waals surface area contributed by atoms with Gasteiger partial charge in [0, 0.05) is 12.4 Å². The van der Waals surface area contributed by atoms with Crippen molar-refractivity contribution in [1.29, 1.82) is 0 Å². The maximum atomic E-state index is 11.6. The Kier molecular flexibility index (Phi) is 5.87. The van der Waals surface area contributed by atoms with Crippen molar-refractivity contribution in [2.45, 2.75) is 19.9 Å². The summed E-state index contributed by atoms with van der Waals surface area (Å²) in [5.74, 6) is -0.457. The Balaban J connectivity index is 2.46. The normalized spacial score (nSPS) is 12.0. The van der Waals surface area contributed by atoms with Crippen LogP contribution in [0.2, 0.25) is 0 Å². The van der Waals surface area contributed by atoms with Gasteiger partial charge in [-0.25, -0.2) is 9.97 Å². The summed E-state index contributed by atoms with van der Waals surface area (Å²) < 4.78 is 4.67. The summed E-state index contributed by atoms with van der Waals surface area (Å²) in [7, 11) is 1.32. The first-order valence-corrected chi connectivity index (χ1v) is 5.92. The molecule has 7 nitrogen and oxygen atoms in total. The lowest BCUT2D eigenvalue weighted by molar-refractivity contribution is -0.144. The molecule has 0 aliphatic carbocycles. The zero-order valence-electron chi connectivity index (χ0n) is 11.2. The number of aromatic nitrogens is 2. The summed E-state index contributed by atoms with van der Waals surface area (Å²) in [6.07, 6.45) is 3.06. The number of rotatable bonds is 6. The highest BCUT2D eigenvalue weighted by atomic mass is 16.5. The second-order valence-electron chi connectivity index (χ2n) is 4.25. The molecule has 0 spiro atoms. The van der Waals surface area contributed by atoms with Gasteiger partial charge >= 0.3 is 5.97 Å². The van der Waals surface area contributed by atoms with Crippen LogP contribution in [0, 0.1) is 5.92 Å². The molecule has 1 aromatic heterocycles. The Bertz CT molecular complexity index is 422. The summed E-state index contributed by atoms with van der Waals surface area (Å²) in [6.45, 7) is 3.72. The number of nitrogens with one attached hydrogen (secondary N) is 2. The van der Waals surface area contributed by atoms with Crippen LogP contribution in [0.1, 0.15) is 13.8 Å². The fourth-order valence-electron chi connectivity index (χ4n) is 1.45. The van der Waals surface area contributed by atoms with Crippen LogP contribution in [0.3, 0.4) is 0 Å². The Morgan fingerprint density at radius 2 is 1.95 bits per heavy atom. The Morgan fingerprint density at radius 3 is 2.47 bits per heavy atom. The third-order valence-electron chi connectivity index (χ3n) is 2.42. The maximum Gasteiger partial charge on any atom is 0.323 e. The topological polar surface area (TPSA) is 93.2 Å². The molecule has 0 aromatic carbocycles. The highest BCUT2D eigenvalue weighted by molar-refractivity contribution is 5.91. The van der Waals surface area contributed by atoms with E-state index in [2.05, 4.69) is 25.3 Å². The van der Waals surface area contributed by atoms with Crippen molar-refractivity contribution in [3.63, 3.8) is 0 Å².